The van der Waals surface area contributed by atoms with Crippen LogP contribution in [0.2, 0.25) is 0 Å². The second-order valence-electron chi connectivity index (χ2n) is 8.04. The van der Waals surface area contributed by atoms with E-state index in [1.165, 1.54) is 75.3 Å². The van der Waals surface area contributed by atoms with E-state index in [0.29, 0.717) is 6.61 Å². The lowest BCUT2D eigenvalue weighted by Gasteiger charge is -2.09. The summed E-state index contributed by atoms with van der Waals surface area (Å²) in [7, 11) is 0. The molecule has 27 heavy (non-hydrogen) atoms. The van der Waals surface area contributed by atoms with Crippen LogP contribution in [0.15, 0.2) is 30.3 Å². The van der Waals surface area contributed by atoms with E-state index < -0.39 is 0 Å². The monoisotopic (exact) mass is 369 g/mol. The van der Waals surface area contributed by atoms with Gasteiger partial charge in [0.05, 0.1) is 6.61 Å². The Kier molecular flexibility index (Phi) is 8.41. The van der Waals surface area contributed by atoms with Crippen molar-refractivity contribution in [1.29, 1.82) is 0 Å². The zero-order valence-corrected chi connectivity index (χ0v) is 16.7. The van der Waals surface area contributed by atoms with Crippen molar-refractivity contribution in [3.63, 3.8) is 0 Å². The van der Waals surface area contributed by atoms with Crippen molar-refractivity contribution < 1.29 is 9.84 Å². The van der Waals surface area contributed by atoms with Gasteiger partial charge in [-0.3, -0.25) is 0 Å². The first-order valence-electron chi connectivity index (χ1n) is 11.0. The van der Waals surface area contributed by atoms with Crippen LogP contribution in [-0.4, -0.2) is 23.3 Å². The average molecular weight is 370 g/mol. The Hall–Kier alpha value is -1.61. The maximum atomic E-state index is 8.77. The summed E-state index contributed by atoms with van der Waals surface area (Å²) >= 11 is 0. The molecule has 1 fully saturated rings. The zero-order chi connectivity index (χ0) is 18.7. The molecular formula is C24H35NO2. The molecule has 1 saturated carbocycles. The van der Waals surface area contributed by atoms with E-state index in [0.717, 1.165) is 36.6 Å². The predicted octanol–water partition coefficient (Wildman–Crippen LogP) is 6.07. The first-order valence-corrected chi connectivity index (χ1v) is 11.0. The summed E-state index contributed by atoms with van der Waals surface area (Å²) in [4.78, 5) is 4.90. The quantitative estimate of drug-likeness (QED) is 0.411. The minimum Gasteiger partial charge on any atom is -0.491 e. The van der Waals surface area contributed by atoms with Crippen molar-refractivity contribution in [3.05, 3.63) is 36.0 Å². The molecular weight excluding hydrogens is 334 g/mol. The van der Waals surface area contributed by atoms with Crippen LogP contribution in [0.1, 0.15) is 76.3 Å². The first kappa shape index (κ1) is 20.1. The van der Waals surface area contributed by atoms with Crippen molar-refractivity contribution in [2.75, 3.05) is 13.2 Å². The molecule has 0 spiro atoms. The zero-order valence-electron chi connectivity index (χ0n) is 16.7. The fourth-order valence-corrected chi connectivity index (χ4v) is 3.56. The molecule has 0 amide bonds. The molecule has 0 atom stereocenters. The molecule has 3 rings (SSSR count). The van der Waals surface area contributed by atoms with E-state index in [-0.39, 0.29) is 0 Å². The molecule has 0 unspecified atom stereocenters. The van der Waals surface area contributed by atoms with Gasteiger partial charge in [-0.05, 0) is 50.2 Å². The van der Waals surface area contributed by atoms with Gasteiger partial charge in [-0.1, -0.05) is 63.1 Å². The molecule has 1 aromatic carbocycles. The molecule has 1 heterocycles. The highest BCUT2D eigenvalue weighted by atomic mass is 16.5. The molecule has 0 aliphatic heterocycles. The number of rotatable bonds is 14. The van der Waals surface area contributed by atoms with Crippen molar-refractivity contribution in [2.24, 2.45) is 5.92 Å². The highest BCUT2D eigenvalue weighted by Gasteiger charge is 2.22. The van der Waals surface area contributed by atoms with Crippen LogP contribution in [0.25, 0.3) is 10.9 Å². The molecule has 0 bridgehead atoms. The number of pyridine rings is 1. The van der Waals surface area contributed by atoms with E-state index in [9.17, 15) is 0 Å². The molecule has 2 aromatic rings. The van der Waals surface area contributed by atoms with Gasteiger partial charge >= 0.3 is 0 Å². The van der Waals surface area contributed by atoms with Gasteiger partial charge < -0.3 is 9.84 Å². The van der Waals surface area contributed by atoms with Crippen LogP contribution in [0.5, 0.6) is 5.75 Å². The van der Waals surface area contributed by atoms with Gasteiger partial charge in [-0.2, -0.15) is 0 Å². The Balaban J connectivity index is 1.37. The number of unbranched alkanes of at least 4 members (excludes halogenated alkanes) is 8. The summed E-state index contributed by atoms with van der Waals surface area (Å²) < 4.78 is 6.03. The Morgan fingerprint density at radius 3 is 2.26 bits per heavy atom. The summed E-state index contributed by atoms with van der Waals surface area (Å²) in [5.41, 5.74) is 2.22. The molecule has 3 heteroatoms. The fraction of sp³-hybridized carbons (Fsp3) is 0.625. The Morgan fingerprint density at radius 2 is 1.56 bits per heavy atom. The minimum atomic E-state index is 0.344. The third-order valence-electron chi connectivity index (χ3n) is 5.50. The summed E-state index contributed by atoms with van der Waals surface area (Å²) in [6, 6.07) is 10.6. The normalized spacial score (nSPS) is 14.0. The number of nitrogens with zero attached hydrogens (tertiary/aromatic N) is 1. The molecule has 1 aromatic heterocycles. The number of aryl methyl sites for hydroxylation is 1. The van der Waals surface area contributed by atoms with E-state index in [4.69, 9.17) is 14.8 Å². The van der Waals surface area contributed by atoms with E-state index >= 15 is 0 Å². The lowest BCUT2D eigenvalue weighted by atomic mass is 10.1. The Morgan fingerprint density at radius 1 is 0.852 bits per heavy atom. The van der Waals surface area contributed by atoms with Gasteiger partial charge in [0, 0.05) is 17.7 Å². The number of para-hydroxylation sites is 1. The van der Waals surface area contributed by atoms with Gasteiger partial charge in [0.25, 0.3) is 0 Å². The molecule has 1 aliphatic carbocycles. The highest BCUT2D eigenvalue weighted by Crippen LogP contribution is 2.31. The van der Waals surface area contributed by atoms with Crippen LogP contribution < -0.4 is 4.74 Å². The minimum absolute atomic E-state index is 0.344. The third kappa shape index (κ3) is 7.14. The summed E-state index contributed by atoms with van der Waals surface area (Å²) in [6.45, 7) is 1.18. The Labute approximate surface area is 164 Å². The smallest absolute Gasteiger partial charge is 0.145 e. The van der Waals surface area contributed by atoms with Crippen molar-refractivity contribution in [2.45, 2.75) is 77.0 Å². The van der Waals surface area contributed by atoms with Crippen LogP contribution in [0.3, 0.4) is 0 Å². The molecule has 3 nitrogen and oxygen atoms in total. The third-order valence-corrected chi connectivity index (χ3v) is 5.50. The lowest BCUT2D eigenvalue weighted by molar-refractivity contribution is 0.282. The van der Waals surface area contributed by atoms with Crippen LogP contribution in [-0.2, 0) is 6.42 Å². The molecule has 0 saturated heterocycles. The maximum absolute atomic E-state index is 8.77. The molecule has 1 aliphatic rings. The number of hydrogen-bond donors (Lipinski definition) is 1. The van der Waals surface area contributed by atoms with E-state index in [1.54, 1.807) is 0 Å². The second kappa shape index (κ2) is 11.3. The topological polar surface area (TPSA) is 42.4 Å². The lowest BCUT2D eigenvalue weighted by Crippen LogP contribution is -2.01. The van der Waals surface area contributed by atoms with Crippen LogP contribution in [0.4, 0.5) is 0 Å². The number of ether oxygens (including phenoxy) is 1. The van der Waals surface area contributed by atoms with Crippen molar-refractivity contribution >= 4 is 10.9 Å². The number of aliphatic hydroxyl groups excluding tert-OH is 1. The largest absolute Gasteiger partial charge is 0.491 e. The summed E-state index contributed by atoms with van der Waals surface area (Å²) in [5.74, 6) is 1.71. The molecule has 0 radical (unpaired) electrons. The number of hydrogen-bond acceptors (Lipinski definition) is 3. The van der Waals surface area contributed by atoms with Gasteiger partial charge in [0.2, 0.25) is 0 Å². The highest BCUT2D eigenvalue weighted by molar-refractivity contribution is 5.84. The number of aliphatic hydroxyl groups is 1. The number of aromatic nitrogens is 1. The van der Waals surface area contributed by atoms with Gasteiger partial charge in [0.1, 0.15) is 11.3 Å². The molecule has 1 N–H and O–H groups in total. The van der Waals surface area contributed by atoms with Crippen LogP contribution in [0, 0.1) is 5.92 Å². The predicted molar refractivity (Wildman–Crippen MR) is 112 cm³/mol. The van der Waals surface area contributed by atoms with Crippen molar-refractivity contribution in [3.8, 4) is 5.75 Å². The van der Waals surface area contributed by atoms with Gasteiger partial charge in [-0.15, -0.1) is 0 Å². The fourth-order valence-electron chi connectivity index (χ4n) is 3.56. The summed E-state index contributed by atoms with van der Waals surface area (Å²) in [5, 5.41) is 9.95. The Bertz CT molecular complexity index is 681. The van der Waals surface area contributed by atoms with E-state index in [1.807, 2.05) is 0 Å². The molecule has 148 valence electrons. The second-order valence-corrected chi connectivity index (χ2v) is 8.04. The SMILES string of the molecule is OCCCCCCCCCCCc1ccc2cccc(OCC3CC3)c2n1. The number of fused-ring (bicyclic) bond motifs is 1. The van der Waals surface area contributed by atoms with Crippen LogP contribution >= 0.6 is 0 Å². The summed E-state index contributed by atoms with van der Waals surface area (Å²) in [6.07, 6.45) is 14.9. The van der Waals surface area contributed by atoms with Gasteiger partial charge in [-0.25, -0.2) is 4.98 Å². The standard InChI is InChI=1S/C24H35NO2/c26-18-9-7-5-3-1-2-4-6-8-12-22-17-16-21-11-10-13-23(24(21)25-22)27-19-20-14-15-20/h10-11,13,16-17,20,26H,1-9,12,14-15,18-19H2. The maximum Gasteiger partial charge on any atom is 0.145 e. The number of benzene rings is 1. The van der Waals surface area contributed by atoms with Crippen molar-refractivity contribution in [1.82, 2.24) is 4.98 Å². The van der Waals surface area contributed by atoms with E-state index in [2.05, 4.69) is 30.3 Å². The average Bonchev–Trinajstić information content (AvgIpc) is 3.52. The van der Waals surface area contributed by atoms with Gasteiger partial charge in [0.15, 0.2) is 0 Å². The first-order chi connectivity index (χ1) is 13.4.